The molecule has 4 nitrogen and oxygen atoms in total. The first-order valence-electron chi connectivity index (χ1n) is 8.69. The molecule has 0 bridgehead atoms. The molecular formula is C20H22ClFN2O2. The zero-order chi connectivity index (χ0) is 18.5. The minimum atomic E-state index is -0.421. The van der Waals surface area contributed by atoms with Crippen molar-refractivity contribution in [2.45, 2.75) is 12.3 Å². The summed E-state index contributed by atoms with van der Waals surface area (Å²) in [5, 5.41) is 0.200. The summed E-state index contributed by atoms with van der Waals surface area (Å²) in [5.74, 6) is 0.506. The van der Waals surface area contributed by atoms with Crippen molar-refractivity contribution in [2.75, 3.05) is 26.2 Å². The average molecular weight is 377 g/mol. The topological polar surface area (TPSA) is 55.6 Å². The number of hydrogen-bond acceptors (Lipinski definition) is 3. The molecule has 1 aliphatic rings. The Morgan fingerprint density at radius 2 is 2.00 bits per heavy atom. The SMILES string of the molecule is NC[C@@H]1CN(C(=O)CCOc2ccc(F)cc2Cl)C[C@H]1c1ccccc1. The van der Waals surface area contributed by atoms with Crippen LogP contribution >= 0.6 is 11.6 Å². The van der Waals surface area contributed by atoms with Crippen LogP contribution in [0.3, 0.4) is 0 Å². The zero-order valence-electron chi connectivity index (χ0n) is 14.4. The Labute approximate surface area is 157 Å². The number of amides is 1. The summed E-state index contributed by atoms with van der Waals surface area (Å²) >= 11 is 5.92. The van der Waals surface area contributed by atoms with Crippen LogP contribution in [0.4, 0.5) is 4.39 Å². The fraction of sp³-hybridized carbons (Fsp3) is 0.350. The quantitative estimate of drug-likeness (QED) is 0.840. The summed E-state index contributed by atoms with van der Waals surface area (Å²) < 4.78 is 18.6. The second kappa shape index (κ2) is 8.52. The van der Waals surface area contributed by atoms with E-state index in [0.29, 0.717) is 25.4 Å². The lowest BCUT2D eigenvalue weighted by Gasteiger charge is -2.17. The van der Waals surface area contributed by atoms with E-state index in [9.17, 15) is 9.18 Å². The summed E-state index contributed by atoms with van der Waals surface area (Å²) in [7, 11) is 0. The number of carbonyl (C=O) groups is 1. The molecule has 1 fully saturated rings. The first-order chi connectivity index (χ1) is 12.6. The summed E-state index contributed by atoms with van der Waals surface area (Å²) in [4.78, 5) is 14.4. The number of carbonyl (C=O) groups excluding carboxylic acids is 1. The minimum absolute atomic E-state index is 0.0279. The number of hydrogen-bond donors (Lipinski definition) is 1. The Hall–Kier alpha value is -2.11. The molecule has 26 heavy (non-hydrogen) atoms. The lowest BCUT2D eigenvalue weighted by atomic mass is 9.89. The molecule has 0 saturated carbocycles. The molecule has 2 aromatic carbocycles. The van der Waals surface area contributed by atoms with Gasteiger partial charge in [0.15, 0.2) is 0 Å². The predicted octanol–water partition coefficient (Wildman–Crippen LogP) is 3.45. The predicted molar refractivity (Wildman–Crippen MR) is 99.8 cm³/mol. The molecule has 0 radical (unpaired) electrons. The van der Waals surface area contributed by atoms with Gasteiger partial charge in [-0.25, -0.2) is 4.39 Å². The van der Waals surface area contributed by atoms with Gasteiger partial charge in [0, 0.05) is 19.0 Å². The molecule has 0 aromatic heterocycles. The van der Waals surface area contributed by atoms with E-state index in [-0.39, 0.29) is 35.8 Å². The van der Waals surface area contributed by atoms with Gasteiger partial charge in [-0.05, 0) is 36.2 Å². The monoisotopic (exact) mass is 376 g/mol. The third-order valence-corrected chi connectivity index (χ3v) is 5.09. The number of halogens is 2. The molecule has 6 heteroatoms. The largest absolute Gasteiger partial charge is 0.491 e. The van der Waals surface area contributed by atoms with Crippen molar-refractivity contribution in [3.63, 3.8) is 0 Å². The molecule has 1 saturated heterocycles. The number of benzene rings is 2. The van der Waals surface area contributed by atoms with E-state index in [4.69, 9.17) is 22.1 Å². The van der Waals surface area contributed by atoms with Crippen LogP contribution in [-0.4, -0.2) is 37.0 Å². The van der Waals surface area contributed by atoms with Crippen molar-refractivity contribution < 1.29 is 13.9 Å². The van der Waals surface area contributed by atoms with E-state index in [1.807, 2.05) is 23.1 Å². The minimum Gasteiger partial charge on any atom is -0.491 e. The Bertz CT molecular complexity index is 757. The smallest absolute Gasteiger partial charge is 0.226 e. The van der Waals surface area contributed by atoms with E-state index in [0.717, 1.165) is 0 Å². The van der Waals surface area contributed by atoms with Crippen molar-refractivity contribution in [1.29, 1.82) is 0 Å². The van der Waals surface area contributed by atoms with Crippen LogP contribution in [0.5, 0.6) is 5.75 Å². The Balaban J connectivity index is 1.55. The molecule has 138 valence electrons. The summed E-state index contributed by atoms with van der Waals surface area (Å²) in [6.07, 6.45) is 0.243. The lowest BCUT2D eigenvalue weighted by Crippen LogP contribution is -2.30. The van der Waals surface area contributed by atoms with Crippen LogP contribution in [0.25, 0.3) is 0 Å². The van der Waals surface area contributed by atoms with Gasteiger partial charge in [-0.3, -0.25) is 4.79 Å². The summed E-state index contributed by atoms with van der Waals surface area (Å²) in [6.45, 7) is 2.07. The fourth-order valence-electron chi connectivity index (χ4n) is 3.39. The number of nitrogens with two attached hydrogens (primary N) is 1. The van der Waals surface area contributed by atoms with Gasteiger partial charge in [-0.1, -0.05) is 41.9 Å². The van der Waals surface area contributed by atoms with E-state index in [1.54, 1.807) is 0 Å². The van der Waals surface area contributed by atoms with Crippen molar-refractivity contribution in [2.24, 2.45) is 11.7 Å². The van der Waals surface area contributed by atoms with E-state index in [1.165, 1.54) is 23.8 Å². The highest BCUT2D eigenvalue weighted by Gasteiger charge is 2.34. The molecule has 2 atom stereocenters. The van der Waals surface area contributed by atoms with Crippen molar-refractivity contribution in [3.05, 3.63) is 64.9 Å². The maximum Gasteiger partial charge on any atom is 0.226 e. The van der Waals surface area contributed by atoms with Crippen LogP contribution in [0, 0.1) is 11.7 Å². The van der Waals surface area contributed by atoms with Crippen molar-refractivity contribution in [1.82, 2.24) is 4.90 Å². The third-order valence-electron chi connectivity index (χ3n) is 4.79. The van der Waals surface area contributed by atoms with Gasteiger partial charge in [0.05, 0.1) is 18.1 Å². The molecule has 1 heterocycles. The van der Waals surface area contributed by atoms with E-state index < -0.39 is 5.82 Å². The molecule has 1 amide bonds. The first kappa shape index (κ1) is 18.7. The summed E-state index contributed by atoms with van der Waals surface area (Å²) in [6, 6.07) is 14.1. The van der Waals surface area contributed by atoms with Gasteiger partial charge in [0.25, 0.3) is 0 Å². The highest BCUT2D eigenvalue weighted by Crippen LogP contribution is 2.32. The van der Waals surface area contributed by atoms with Gasteiger partial charge in [-0.2, -0.15) is 0 Å². The van der Waals surface area contributed by atoms with Crippen LogP contribution < -0.4 is 10.5 Å². The third kappa shape index (κ3) is 4.34. The van der Waals surface area contributed by atoms with Crippen molar-refractivity contribution in [3.8, 4) is 5.75 Å². The number of ether oxygens (including phenoxy) is 1. The molecule has 2 aromatic rings. The second-order valence-electron chi connectivity index (χ2n) is 6.48. The zero-order valence-corrected chi connectivity index (χ0v) is 15.2. The lowest BCUT2D eigenvalue weighted by molar-refractivity contribution is -0.130. The van der Waals surface area contributed by atoms with Crippen LogP contribution in [0.2, 0.25) is 5.02 Å². The van der Waals surface area contributed by atoms with Gasteiger partial charge in [-0.15, -0.1) is 0 Å². The highest BCUT2D eigenvalue weighted by molar-refractivity contribution is 6.32. The maximum atomic E-state index is 13.0. The van der Waals surface area contributed by atoms with Crippen molar-refractivity contribution >= 4 is 17.5 Å². The van der Waals surface area contributed by atoms with Gasteiger partial charge in [0.1, 0.15) is 11.6 Å². The number of likely N-dealkylation sites (tertiary alicyclic amines) is 1. The molecule has 2 N–H and O–H groups in total. The number of nitrogens with zero attached hydrogens (tertiary/aromatic N) is 1. The van der Waals surface area contributed by atoms with E-state index >= 15 is 0 Å². The highest BCUT2D eigenvalue weighted by atomic mass is 35.5. The van der Waals surface area contributed by atoms with Gasteiger partial charge >= 0.3 is 0 Å². The molecule has 3 rings (SSSR count). The fourth-order valence-corrected chi connectivity index (χ4v) is 3.61. The Morgan fingerprint density at radius 3 is 2.69 bits per heavy atom. The van der Waals surface area contributed by atoms with E-state index in [2.05, 4.69) is 12.1 Å². The summed E-state index contributed by atoms with van der Waals surface area (Å²) in [5.41, 5.74) is 7.14. The first-order valence-corrected chi connectivity index (χ1v) is 9.07. The van der Waals surface area contributed by atoms with Gasteiger partial charge in [0.2, 0.25) is 5.91 Å². The number of rotatable bonds is 6. The Morgan fingerprint density at radius 1 is 1.23 bits per heavy atom. The average Bonchev–Trinajstić information content (AvgIpc) is 3.09. The molecular weight excluding hydrogens is 355 g/mol. The Kier molecular flexibility index (Phi) is 6.12. The van der Waals surface area contributed by atoms with Crippen LogP contribution in [0.15, 0.2) is 48.5 Å². The second-order valence-corrected chi connectivity index (χ2v) is 6.89. The standard InChI is InChI=1S/C20H22ClFN2O2/c21-18-10-16(22)6-7-19(18)26-9-8-20(25)24-12-15(11-23)17(13-24)14-4-2-1-3-5-14/h1-7,10,15,17H,8-9,11-13,23H2/t15-,17+/m1/s1. The molecule has 0 unspecified atom stereocenters. The molecule has 1 aliphatic heterocycles. The normalized spacial score (nSPS) is 19.6. The molecule has 0 aliphatic carbocycles. The van der Waals surface area contributed by atoms with Crippen LogP contribution in [0.1, 0.15) is 17.9 Å². The maximum absolute atomic E-state index is 13.0. The van der Waals surface area contributed by atoms with Gasteiger partial charge < -0.3 is 15.4 Å². The van der Waals surface area contributed by atoms with Crippen LogP contribution in [-0.2, 0) is 4.79 Å². The molecule has 0 spiro atoms.